The molecule has 2 fully saturated rings. The van der Waals surface area contributed by atoms with Crippen LogP contribution in [0.1, 0.15) is 87.5 Å². The number of hydrogen-bond acceptors (Lipinski definition) is 2. The van der Waals surface area contributed by atoms with E-state index in [0.29, 0.717) is 0 Å². The van der Waals surface area contributed by atoms with Gasteiger partial charge in [0.15, 0.2) is 0 Å². The molecule has 0 heterocycles. The lowest BCUT2D eigenvalue weighted by atomic mass is 9.71. The first-order valence-corrected chi connectivity index (χ1v) is 13.8. The molecule has 0 bridgehead atoms. The quantitative estimate of drug-likeness (QED) is 0.291. The Labute approximate surface area is 217 Å². The number of benzene rings is 2. The molecule has 2 aromatic rings. The van der Waals surface area contributed by atoms with Gasteiger partial charge in [-0.1, -0.05) is 55.5 Å². The predicted molar refractivity (Wildman–Crippen MR) is 146 cm³/mol. The minimum atomic E-state index is -0.154. The van der Waals surface area contributed by atoms with Crippen LogP contribution in [-0.4, -0.2) is 24.5 Å². The van der Waals surface area contributed by atoms with Crippen molar-refractivity contribution >= 4 is 23.2 Å². The van der Waals surface area contributed by atoms with Gasteiger partial charge in [0.25, 0.3) is 0 Å². The molecular weight excluding hydrogens is 459 g/mol. The van der Waals surface area contributed by atoms with Crippen molar-refractivity contribution in [2.75, 3.05) is 19.6 Å². The minimum absolute atomic E-state index is 0.154. The highest BCUT2D eigenvalue weighted by Crippen LogP contribution is 2.53. The lowest BCUT2D eigenvalue weighted by molar-refractivity contribution is 0.273. The van der Waals surface area contributed by atoms with Crippen LogP contribution in [0.4, 0.5) is 0 Å². The van der Waals surface area contributed by atoms with Crippen LogP contribution in [0.25, 0.3) is 0 Å². The number of halogens is 2. The zero-order chi connectivity index (χ0) is 24.4. The smallest absolute Gasteiger partial charge is 0.0697 e. The molecule has 0 spiro atoms. The molecular formula is C30H40Cl2N2. The first-order chi connectivity index (χ1) is 16.5. The molecule has 2 aliphatic rings. The number of alkyl halides is 2. The highest BCUT2D eigenvalue weighted by atomic mass is 35.5. The van der Waals surface area contributed by atoms with Gasteiger partial charge < -0.3 is 4.90 Å². The van der Waals surface area contributed by atoms with Crippen molar-refractivity contribution in [1.29, 1.82) is 5.26 Å². The molecule has 0 radical (unpaired) electrons. The van der Waals surface area contributed by atoms with Gasteiger partial charge in [-0.2, -0.15) is 5.26 Å². The summed E-state index contributed by atoms with van der Waals surface area (Å²) in [7, 11) is 0. The van der Waals surface area contributed by atoms with Crippen LogP contribution in [0.2, 0.25) is 0 Å². The van der Waals surface area contributed by atoms with E-state index < -0.39 is 0 Å². The average Bonchev–Trinajstić information content (AvgIpc) is 2.80. The van der Waals surface area contributed by atoms with Crippen molar-refractivity contribution in [3.05, 3.63) is 70.8 Å². The van der Waals surface area contributed by atoms with Gasteiger partial charge in [-0.25, -0.2) is 0 Å². The first kappa shape index (κ1) is 27.1. The van der Waals surface area contributed by atoms with Crippen LogP contribution in [0.3, 0.4) is 0 Å². The van der Waals surface area contributed by atoms with E-state index in [1.54, 1.807) is 6.07 Å². The Balaban J connectivity index is 0.00000103. The van der Waals surface area contributed by atoms with Gasteiger partial charge in [0.1, 0.15) is 0 Å². The van der Waals surface area contributed by atoms with Gasteiger partial charge in [0, 0.05) is 13.5 Å². The largest absolute Gasteiger partial charge is 0.303 e. The topological polar surface area (TPSA) is 27.0 Å². The SMILES string of the molecule is CC#N.CCCN(CCCc1c(C2(Cl)CCC2)cccc1C1(Cl)CCC1)CCc1ccccc1. The lowest BCUT2D eigenvalue weighted by Crippen LogP contribution is -2.34. The Morgan fingerprint density at radius 3 is 1.85 bits per heavy atom. The fourth-order valence-corrected chi connectivity index (χ4v) is 6.16. The molecule has 0 aromatic heterocycles. The maximum Gasteiger partial charge on any atom is 0.0697 e. The molecule has 2 aliphatic carbocycles. The van der Waals surface area contributed by atoms with Gasteiger partial charge in [-0.05, 0) is 99.6 Å². The number of nitriles is 1. The van der Waals surface area contributed by atoms with Crippen molar-refractivity contribution in [1.82, 2.24) is 4.90 Å². The fourth-order valence-electron chi connectivity index (χ4n) is 5.27. The molecule has 4 rings (SSSR count). The molecule has 0 unspecified atom stereocenters. The third kappa shape index (κ3) is 6.78. The summed E-state index contributed by atoms with van der Waals surface area (Å²) in [5.41, 5.74) is 5.64. The fraction of sp³-hybridized carbons (Fsp3) is 0.567. The second kappa shape index (κ2) is 13.0. The maximum atomic E-state index is 7.32. The van der Waals surface area contributed by atoms with E-state index in [0.717, 1.165) is 51.6 Å². The number of rotatable bonds is 11. The van der Waals surface area contributed by atoms with Crippen molar-refractivity contribution in [3.63, 3.8) is 0 Å². The van der Waals surface area contributed by atoms with Crippen LogP contribution < -0.4 is 0 Å². The van der Waals surface area contributed by atoms with Crippen LogP contribution in [-0.2, 0) is 22.6 Å². The Kier molecular flexibility index (Phi) is 10.3. The standard InChI is InChI=1S/C28H37Cl2N.C2H3N/c1-2-20-31(22-15-23-10-4-3-5-11-23)21-7-12-24-25(27(29)16-8-17-27)13-6-14-26(24)28(30)18-9-19-28;1-2-3/h3-6,10-11,13-14H,2,7-9,12,15-22H2,1H3;1H3. The molecule has 2 saturated carbocycles. The molecule has 4 heteroatoms. The third-order valence-corrected chi connectivity index (χ3v) is 8.60. The van der Waals surface area contributed by atoms with Crippen LogP contribution >= 0.6 is 23.2 Å². The Morgan fingerprint density at radius 1 is 0.824 bits per heavy atom. The molecule has 0 aliphatic heterocycles. The summed E-state index contributed by atoms with van der Waals surface area (Å²) < 4.78 is 0. The highest BCUT2D eigenvalue weighted by molar-refractivity contribution is 6.25. The van der Waals surface area contributed by atoms with Crippen molar-refractivity contribution in [2.45, 2.75) is 87.8 Å². The molecule has 2 nitrogen and oxygen atoms in total. The lowest BCUT2D eigenvalue weighted by Gasteiger charge is -2.42. The van der Waals surface area contributed by atoms with Crippen molar-refractivity contribution < 1.29 is 0 Å². The van der Waals surface area contributed by atoms with E-state index in [9.17, 15) is 0 Å². The van der Waals surface area contributed by atoms with Crippen LogP contribution in [0, 0.1) is 11.3 Å². The molecule has 184 valence electrons. The van der Waals surface area contributed by atoms with Crippen molar-refractivity contribution in [3.8, 4) is 6.07 Å². The van der Waals surface area contributed by atoms with Crippen molar-refractivity contribution in [2.24, 2.45) is 0 Å². The van der Waals surface area contributed by atoms with Crippen LogP contribution in [0.15, 0.2) is 48.5 Å². The van der Waals surface area contributed by atoms with Crippen LogP contribution in [0.5, 0.6) is 0 Å². The van der Waals surface area contributed by atoms with Gasteiger partial charge in [0.05, 0.1) is 15.8 Å². The second-order valence-electron chi connectivity index (χ2n) is 9.87. The molecule has 0 amide bonds. The summed E-state index contributed by atoms with van der Waals surface area (Å²) >= 11 is 14.2. The number of hydrogen-bond donors (Lipinski definition) is 0. The molecule has 0 saturated heterocycles. The Bertz CT molecular complexity index is 888. The van der Waals surface area contributed by atoms with E-state index in [1.807, 2.05) is 0 Å². The zero-order valence-electron chi connectivity index (χ0n) is 21.0. The number of nitrogens with zero attached hydrogens (tertiary/aromatic N) is 2. The summed E-state index contributed by atoms with van der Waals surface area (Å²) in [5.74, 6) is 0. The van der Waals surface area contributed by atoms with E-state index in [2.05, 4.69) is 60.4 Å². The maximum absolute atomic E-state index is 7.32. The Hall–Kier alpha value is -1.53. The summed E-state index contributed by atoms with van der Waals surface area (Å²) in [5, 5.41) is 7.32. The monoisotopic (exact) mass is 498 g/mol. The van der Waals surface area contributed by atoms with Gasteiger partial charge >= 0.3 is 0 Å². The molecule has 0 N–H and O–H groups in total. The second-order valence-corrected chi connectivity index (χ2v) is 11.3. The average molecular weight is 500 g/mol. The normalized spacial score (nSPS) is 17.6. The van der Waals surface area contributed by atoms with Gasteiger partial charge in [-0.15, -0.1) is 23.2 Å². The summed E-state index contributed by atoms with van der Waals surface area (Å²) in [6.45, 7) is 7.15. The van der Waals surface area contributed by atoms with E-state index >= 15 is 0 Å². The highest BCUT2D eigenvalue weighted by Gasteiger charge is 2.42. The van der Waals surface area contributed by atoms with Gasteiger partial charge in [0.2, 0.25) is 0 Å². The summed E-state index contributed by atoms with van der Waals surface area (Å²) in [6.07, 6.45) is 11.4. The third-order valence-electron chi connectivity index (χ3n) is 7.43. The minimum Gasteiger partial charge on any atom is -0.303 e. The summed E-state index contributed by atoms with van der Waals surface area (Å²) in [4.78, 5) is 2.33. The molecule has 2 aromatic carbocycles. The Morgan fingerprint density at radius 2 is 1.38 bits per heavy atom. The van der Waals surface area contributed by atoms with Gasteiger partial charge in [-0.3, -0.25) is 0 Å². The zero-order valence-corrected chi connectivity index (χ0v) is 22.5. The molecule has 0 atom stereocenters. The molecule has 34 heavy (non-hydrogen) atoms. The van der Waals surface area contributed by atoms with E-state index in [-0.39, 0.29) is 9.75 Å². The first-order valence-electron chi connectivity index (χ1n) is 13.0. The van der Waals surface area contributed by atoms with E-state index in [4.69, 9.17) is 28.5 Å². The van der Waals surface area contributed by atoms with E-state index in [1.165, 1.54) is 61.4 Å². The predicted octanol–water partition coefficient (Wildman–Crippen LogP) is 8.34. The summed E-state index contributed by atoms with van der Waals surface area (Å²) in [6, 6.07) is 19.4.